The van der Waals surface area contributed by atoms with E-state index in [2.05, 4.69) is 0 Å². The quantitative estimate of drug-likeness (QED) is 0.264. The molecule has 0 atom stereocenters. The molecule has 0 fully saturated rings. The van der Waals surface area contributed by atoms with E-state index in [-0.39, 0.29) is 6.61 Å². The van der Waals surface area contributed by atoms with E-state index in [1.54, 1.807) is 30.3 Å². The lowest BCUT2D eigenvalue weighted by molar-refractivity contribution is -0.128. The molecule has 0 radical (unpaired) electrons. The van der Waals surface area contributed by atoms with E-state index in [1.807, 2.05) is 61.5 Å². The predicted molar refractivity (Wildman–Crippen MR) is 119 cm³/mol. The summed E-state index contributed by atoms with van der Waals surface area (Å²) in [6.07, 6.45) is 3.97. The van der Waals surface area contributed by atoms with Crippen molar-refractivity contribution in [3.8, 4) is 11.5 Å². The minimum Gasteiger partial charge on any atom is -0.494 e. The first kappa shape index (κ1) is 21.8. The van der Waals surface area contributed by atoms with Crippen LogP contribution in [-0.2, 0) is 16.1 Å². The van der Waals surface area contributed by atoms with Crippen molar-refractivity contribution >= 4 is 18.0 Å². The van der Waals surface area contributed by atoms with Gasteiger partial charge in [-0.05, 0) is 60.0 Å². The fraction of sp³-hybridized carbons (Fsp3) is 0.154. The van der Waals surface area contributed by atoms with E-state index in [9.17, 15) is 9.59 Å². The number of benzene rings is 3. The van der Waals surface area contributed by atoms with Gasteiger partial charge in [-0.25, -0.2) is 9.59 Å². The van der Waals surface area contributed by atoms with Crippen molar-refractivity contribution in [2.24, 2.45) is 0 Å². The number of esters is 2. The number of rotatable bonds is 9. The van der Waals surface area contributed by atoms with Gasteiger partial charge in [-0.15, -0.1) is 0 Å². The summed E-state index contributed by atoms with van der Waals surface area (Å²) in [7, 11) is 0. The first-order valence-corrected chi connectivity index (χ1v) is 10.1. The van der Waals surface area contributed by atoms with E-state index in [0.29, 0.717) is 17.9 Å². The lowest BCUT2D eigenvalue weighted by Crippen LogP contribution is -2.06. The summed E-state index contributed by atoms with van der Waals surface area (Å²) < 4.78 is 16.1. The molecule has 0 saturated heterocycles. The zero-order valence-corrected chi connectivity index (χ0v) is 17.3. The van der Waals surface area contributed by atoms with Crippen LogP contribution in [0, 0.1) is 0 Å². The highest BCUT2D eigenvalue weighted by molar-refractivity contribution is 5.90. The Balaban J connectivity index is 1.49. The molecule has 158 valence electrons. The number of carbonyl (C=O) groups is 2. The van der Waals surface area contributed by atoms with Crippen LogP contribution in [-0.4, -0.2) is 18.5 Å². The fourth-order valence-corrected chi connectivity index (χ4v) is 2.68. The summed E-state index contributed by atoms with van der Waals surface area (Å²) >= 11 is 0. The summed E-state index contributed by atoms with van der Waals surface area (Å²) in [5.41, 5.74) is 2.16. The van der Waals surface area contributed by atoms with E-state index in [1.165, 1.54) is 6.08 Å². The highest BCUT2D eigenvalue weighted by Gasteiger charge is 2.08. The molecule has 3 aromatic carbocycles. The second-order valence-corrected chi connectivity index (χ2v) is 6.76. The molecule has 0 N–H and O–H groups in total. The molecular formula is C26H24O5. The molecular weight excluding hydrogens is 392 g/mol. The van der Waals surface area contributed by atoms with E-state index >= 15 is 0 Å². The van der Waals surface area contributed by atoms with Crippen LogP contribution in [0.2, 0.25) is 0 Å². The maximum absolute atomic E-state index is 12.1. The van der Waals surface area contributed by atoms with Crippen molar-refractivity contribution in [2.45, 2.75) is 20.0 Å². The maximum atomic E-state index is 12.1. The zero-order valence-electron chi connectivity index (χ0n) is 17.3. The van der Waals surface area contributed by atoms with Crippen LogP contribution in [0.15, 0.2) is 84.9 Å². The zero-order chi connectivity index (χ0) is 21.9. The topological polar surface area (TPSA) is 61.8 Å². The Morgan fingerprint density at radius 3 is 2.19 bits per heavy atom. The Hall–Kier alpha value is -3.86. The SMILES string of the molecule is CCCOc1ccc(/C=C/C(=O)Oc2ccc(C(=O)OCc3ccccc3)cc2)cc1. The molecule has 0 bridgehead atoms. The number of ether oxygens (including phenoxy) is 3. The van der Waals surface area contributed by atoms with E-state index < -0.39 is 11.9 Å². The number of hydrogen-bond donors (Lipinski definition) is 0. The summed E-state index contributed by atoms with van der Waals surface area (Å²) in [4.78, 5) is 24.2. The molecule has 31 heavy (non-hydrogen) atoms. The second kappa shape index (κ2) is 11.4. The van der Waals surface area contributed by atoms with Crippen molar-refractivity contribution in [3.63, 3.8) is 0 Å². The summed E-state index contributed by atoms with van der Waals surface area (Å²) in [6.45, 7) is 2.92. The van der Waals surface area contributed by atoms with Crippen LogP contribution in [0.1, 0.15) is 34.8 Å². The Bertz CT molecular complexity index is 1010. The van der Waals surface area contributed by atoms with Crippen molar-refractivity contribution in [1.82, 2.24) is 0 Å². The highest BCUT2D eigenvalue weighted by atomic mass is 16.5. The molecule has 0 spiro atoms. The molecule has 5 heteroatoms. The molecule has 5 nitrogen and oxygen atoms in total. The average molecular weight is 416 g/mol. The Morgan fingerprint density at radius 2 is 1.52 bits per heavy atom. The normalized spacial score (nSPS) is 10.6. The van der Waals surface area contributed by atoms with Gasteiger partial charge in [0.15, 0.2) is 0 Å². The summed E-state index contributed by atoms with van der Waals surface area (Å²) in [5, 5.41) is 0. The van der Waals surface area contributed by atoms with Crippen LogP contribution in [0.4, 0.5) is 0 Å². The first-order chi connectivity index (χ1) is 15.1. The monoisotopic (exact) mass is 416 g/mol. The van der Waals surface area contributed by atoms with Crippen LogP contribution in [0.3, 0.4) is 0 Å². The molecule has 3 rings (SSSR count). The van der Waals surface area contributed by atoms with E-state index in [4.69, 9.17) is 14.2 Å². The van der Waals surface area contributed by atoms with Gasteiger partial charge in [0.05, 0.1) is 12.2 Å². The van der Waals surface area contributed by atoms with Crippen molar-refractivity contribution in [3.05, 3.63) is 102 Å². The van der Waals surface area contributed by atoms with Gasteiger partial charge >= 0.3 is 11.9 Å². The van der Waals surface area contributed by atoms with Gasteiger partial charge in [0, 0.05) is 6.08 Å². The molecule has 0 saturated carbocycles. The van der Waals surface area contributed by atoms with Gasteiger partial charge in [-0.3, -0.25) is 0 Å². The molecule has 0 unspecified atom stereocenters. The number of carbonyl (C=O) groups excluding carboxylic acids is 2. The second-order valence-electron chi connectivity index (χ2n) is 6.76. The minimum atomic E-state index is -0.509. The van der Waals surface area contributed by atoms with Gasteiger partial charge in [-0.1, -0.05) is 49.4 Å². The van der Waals surface area contributed by atoms with Gasteiger partial charge < -0.3 is 14.2 Å². The summed E-state index contributed by atoms with van der Waals surface area (Å²) in [5.74, 6) is 0.195. The standard InChI is InChI=1S/C26H24O5/c1-2-18-29-23-13-8-20(9-14-23)10-17-25(27)31-24-15-11-22(12-16-24)26(28)30-19-21-6-4-3-5-7-21/h3-17H,2,18-19H2,1H3/b17-10+. The molecule has 0 heterocycles. The lowest BCUT2D eigenvalue weighted by atomic mass is 10.2. The average Bonchev–Trinajstić information content (AvgIpc) is 2.81. The smallest absolute Gasteiger partial charge is 0.338 e. The minimum absolute atomic E-state index is 0.201. The maximum Gasteiger partial charge on any atom is 0.338 e. The molecule has 0 aliphatic rings. The lowest BCUT2D eigenvalue weighted by Gasteiger charge is -2.06. The molecule has 0 aliphatic carbocycles. The molecule has 0 amide bonds. The van der Waals surface area contributed by atoms with Crippen molar-refractivity contribution < 1.29 is 23.8 Å². The third kappa shape index (κ3) is 7.16. The van der Waals surface area contributed by atoms with Gasteiger partial charge in [0.25, 0.3) is 0 Å². The van der Waals surface area contributed by atoms with Crippen LogP contribution < -0.4 is 9.47 Å². The van der Waals surface area contributed by atoms with Crippen LogP contribution in [0.25, 0.3) is 6.08 Å². The third-order valence-corrected chi connectivity index (χ3v) is 4.29. The Labute approximate surface area is 181 Å². The highest BCUT2D eigenvalue weighted by Crippen LogP contribution is 2.16. The van der Waals surface area contributed by atoms with Crippen molar-refractivity contribution in [2.75, 3.05) is 6.61 Å². The van der Waals surface area contributed by atoms with E-state index in [0.717, 1.165) is 23.3 Å². The van der Waals surface area contributed by atoms with Crippen molar-refractivity contribution in [1.29, 1.82) is 0 Å². The number of hydrogen-bond acceptors (Lipinski definition) is 5. The predicted octanol–water partition coefficient (Wildman–Crippen LogP) is 5.45. The van der Waals surface area contributed by atoms with Gasteiger partial charge in [0.2, 0.25) is 0 Å². The first-order valence-electron chi connectivity index (χ1n) is 10.1. The van der Waals surface area contributed by atoms with Gasteiger partial charge in [0.1, 0.15) is 18.1 Å². The largest absolute Gasteiger partial charge is 0.494 e. The molecule has 3 aromatic rings. The van der Waals surface area contributed by atoms with Gasteiger partial charge in [-0.2, -0.15) is 0 Å². The molecule has 0 aromatic heterocycles. The fourth-order valence-electron chi connectivity index (χ4n) is 2.68. The van der Waals surface area contributed by atoms with Crippen LogP contribution in [0.5, 0.6) is 11.5 Å². The Morgan fingerprint density at radius 1 is 0.839 bits per heavy atom. The van der Waals surface area contributed by atoms with Crippen LogP contribution >= 0.6 is 0 Å². The third-order valence-electron chi connectivity index (χ3n) is 4.29. The Kier molecular flexibility index (Phi) is 8.00. The molecule has 0 aliphatic heterocycles. The summed E-state index contributed by atoms with van der Waals surface area (Å²) in [6, 6.07) is 23.1.